The molecule has 2 unspecified atom stereocenters. The first-order valence-corrected chi connectivity index (χ1v) is 7.69. The predicted molar refractivity (Wildman–Crippen MR) is 85.6 cm³/mol. The van der Waals surface area contributed by atoms with Crippen LogP contribution in [0.3, 0.4) is 0 Å². The van der Waals surface area contributed by atoms with Gasteiger partial charge in [0.15, 0.2) is 0 Å². The molecular formula is C16H28N2O5. The third kappa shape index (κ3) is 5.42. The van der Waals surface area contributed by atoms with Crippen molar-refractivity contribution in [1.29, 1.82) is 0 Å². The number of aliphatic hydroxyl groups is 1. The predicted octanol–water partition coefficient (Wildman–Crippen LogP) is 2.69. The lowest BCUT2D eigenvalue weighted by Gasteiger charge is -2.43. The van der Waals surface area contributed by atoms with Crippen LogP contribution in [0.25, 0.3) is 0 Å². The van der Waals surface area contributed by atoms with E-state index in [1.165, 1.54) is 5.01 Å². The molecule has 1 aliphatic heterocycles. The molecule has 0 radical (unpaired) electrons. The molecule has 0 saturated carbocycles. The van der Waals surface area contributed by atoms with Gasteiger partial charge in [0, 0.05) is 0 Å². The van der Waals surface area contributed by atoms with E-state index >= 15 is 0 Å². The van der Waals surface area contributed by atoms with Crippen molar-refractivity contribution in [3.8, 4) is 0 Å². The Labute approximate surface area is 137 Å². The van der Waals surface area contributed by atoms with Gasteiger partial charge in [0.05, 0.1) is 18.7 Å². The smallest absolute Gasteiger partial charge is 0.430 e. The maximum atomic E-state index is 12.5. The lowest BCUT2D eigenvalue weighted by Crippen LogP contribution is -2.61. The summed E-state index contributed by atoms with van der Waals surface area (Å²) >= 11 is 0. The highest BCUT2D eigenvalue weighted by molar-refractivity contribution is 5.76. The Bertz CT molecular complexity index is 476. The van der Waals surface area contributed by atoms with Crippen LogP contribution in [0.15, 0.2) is 12.2 Å². The van der Waals surface area contributed by atoms with Crippen molar-refractivity contribution in [3.05, 3.63) is 12.2 Å². The number of hydrazine groups is 1. The largest absolute Gasteiger partial charge is 0.442 e. The van der Waals surface area contributed by atoms with E-state index in [1.807, 2.05) is 0 Å². The topological polar surface area (TPSA) is 79.3 Å². The zero-order valence-corrected chi connectivity index (χ0v) is 15.0. The Morgan fingerprint density at radius 2 is 1.39 bits per heavy atom. The summed E-state index contributed by atoms with van der Waals surface area (Å²) < 4.78 is 10.7. The highest BCUT2D eigenvalue weighted by atomic mass is 16.6. The van der Waals surface area contributed by atoms with E-state index in [9.17, 15) is 14.7 Å². The summed E-state index contributed by atoms with van der Waals surface area (Å²) in [6, 6.07) is -1.09. The number of ether oxygens (including phenoxy) is 2. The molecule has 0 spiro atoms. The van der Waals surface area contributed by atoms with Gasteiger partial charge in [0.2, 0.25) is 0 Å². The second-order valence-corrected chi connectivity index (χ2v) is 7.53. The zero-order chi connectivity index (χ0) is 18.0. The van der Waals surface area contributed by atoms with Gasteiger partial charge in [-0.15, -0.1) is 0 Å². The first kappa shape index (κ1) is 19.3. The summed E-state index contributed by atoms with van der Waals surface area (Å²) in [5.41, 5.74) is -1.42. The monoisotopic (exact) mass is 328 g/mol. The molecule has 0 aromatic rings. The lowest BCUT2D eigenvalue weighted by molar-refractivity contribution is -0.0910. The van der Waals surface area contributed by atoms with Crippen LogP contribution < -0.4 is 0 Å². The van der Waals surface area contributed by atoms with Crippen molar-refractivity contribution in [3.63, 3.8) is 0 Å². The maximum Gasteiger partial charge on any atom is 0.430 e. The highest BCUT2D eigenvalue weighted by Gasteiger charge is 2.40. The summed E-state index contributed by atoms with van der Waals surface area (Å²) in [6.07, 6.45) is 2.04. The fraction of sp³-hybridized carbons (Fsp3) is 0.750. The summed E-state index contributed by atoms with van der Waals surface area (Å²) in [5, 5.41) is 11.8. The SMILES string of the molecule is CC1C=CC(CO)N(C(=O)OC(C)(C)C)N1C(=O)OC(C)(C)C. The van der Waals surface area contributed by atoms with Crippen molar-refractivity contribution in [2.45, 2.75) is 71.8 Å². The summed E-state index contributed by atoms with van der Waals surface area (Å²) in [5.74, 6) is 0. The van der Waals surface area contributed by atoms with Gasteiger partial charge in [-0.1, -0.05) is 12.2 Å². The first-order valence-electron chi connectivity index (χ1n) is 7.69. The van der Waals surface area contributed by atoms with Crippen LogP contribution in [0.1, 0.15) is 48.5 Å². The minimum Gasteiger partial charge on any atom is -0.442 e. The standard InChI is InChI=1S/C16H28N2O5/c1-11-8-9-12(10-19)18(14(21)23-16(5,6)7)17(11)13(20)22-15(2,3)4/h8-9,11-12,19H,10H2,1-7H3. The number of rotatable bonds is 1. The van der Waals surface area contributed by atoms with E-state index < -0.39 is 35.5 Å². The van der Waals surface area contributed by atoms with Crippen molar-refractivity contribution >= 4 is 12.2 Å². The fourth-order valence-electron chi connectivity index (χ4n) is 2.04. The van der Waals surface area contributed by atoms with Gasteiger partial charge in [0.1, 0.15) is 11.2 Å². The second kappa shape index (κ2) is 6.78. The van der Waals surface area contributed by atoms with Gasteiger partial charge in [-0.25, -0.2) is 19.6 Å². The minimum absolute atomic E-state index is 0.332. The Balaban J connectivity index is 3.13. The molecule has 0 bridgehead atoms. The van der Waals surface area contributed by atoms with Crippen LogP contribution in [-0.2, 0) is 9.47 Å². The number of nitrogens with zero attached hydrogens (tertiary/aromatic N) is 2. The number of aliphatic hydroxyl groups excluding tert-OH is 1. The van der Waals surface area contributed by atoms with E-state index in [-0.39, 0.29) is 6.61 Å². The molecule has 0 saturated heterocycles. The average Bonchev–Trinajstić information content (AvgIpc) is 2.33. The van der Waals surface area contributed by atoms with Crippen molar-refractivity contribution < 1.29 is 24.2 Å². The van der Waals surface area contributed by atoms with Gasteiger partial charge < -0.3 is 14.6 Å². The fourth-order valence-corrected chi connectivity index (χ4v) is 2.04. The van der Waals surface area contributed by atoms with Gasteiger partial charge in [-0.3, -0.25) is 0 Å². The molecule has 0 aliphatic carbocycles. The molecule has 2 atom stereocenters. The molecule has 1 rings (SSSR count). The maximum absolute atomic E-state index is 12.5. The van der Waals surface area contributed by atoms with Crippen LogP contribution in [-0.4, -0.2) is 57.2 Å². The van der Waals surface area contributed by atoms with Crippen molar-refractivity contribution in [2.24, 2.45) is 0 Å². The second-order valence-electron chi connectivity index (χ2n) is 7.53. The number of carbonyl (C=O) groups excluding carboxylic acids is 2. The molecule has 1 heterocycles. The van der Waals surface area contributed by atoms with E-state index in [2.05, 4.69) is 0 Å². The van der Waals surface area contributed by atoms with Crippen LogP contribution >= 0.6 is 0 Å². The van der Waals surface area contributed by atoms with Crippen LogP contribution in [0.5, 0.6) is 0 Å². The molecule has 1 N–H and O–H groups in total. The van der Waals surface area contributed by atoms with Crippen LogP contribution in [0.4, 0.5) is 9.59 Å². The van der Waals surface area contributed by atoms with E-state index in [0.29, 0.717) is 0 Å². The van der Waals surface area contributed by atoms with Gasteiger partial charge in [-0.05, 0) is 48.5 Å². The third-order valence-electron chi connectivity index (χ3n) is 2.89. The number of amides is 2. The molecule has 0 aromatic heterocycles. The molecule has 23 heavy (non-hydrogen) atoms. The molecular weight excluding hydrogens is 300 g/mol. The molecule has 0 fully saturated rings. The molecule has 7 nitrogen and oxygen atoms in total. The third-order valence-corrected chi connectivity index (χ3v) is 2.89. The normalized spacial score (nSPS) is 22.1. The Kier molecular flexibility index (Phi) is 5.69. The Morgan fingerprint density at radius 3 is 1.78 bits per heavy atom. The van der Waals surface area contributed by atoms with Gasteiger partial charge in [0.25, 0.3) is 0 Å². The molecule has 132 valence electrons. The summed E-state index contributed by atoms with van der Waals surface area (Å²) in [6.45, 7) is 11.9. The number of hydrogen-bond donors (Lipinski definition) is 1. The quantitative estimate of drug-likeness (QED) is 0.749. The first-order chi connectivity index (χ1) is 10.4. The summed E-state index contributed by atoms with van der Waals surface area (Å²) in [4.78, 5) is 25.0. The Morgan fingerprint density at radius 1 is 0.957 bits per heavy atom. The van der Waals surface area contributed by atoms with Gasteiger partial charge >= 0.3 is 12.2 Å². The average molecular weight is 328 g/mol. The number of carbonyl (C=O) groups is 2. The molecule has 2 amide bonds. The summed E-state index contributed by atoms with van der Waals surface area (Å²) in [7, 11) is 0. The van der Waals surface area contributed by atoms with E-state index in [1.54, 1.807) is 60.6 Å². The van der Waals surface area contributed by atoms with Crippen LogP contribution in [0.2, 0.25) is 0 Å². The zero-order valence-electron chi connectivity index (χ0n) is 15.0. The molecule has 1 aliphatic rings. The highest BCUT2D eigenvalue weighted by Crippen LogP contribution is 2.23. The van der Waals surface area contributed by atoms with E-state index in [4.69, 9.17) is 9.47 Å². The van der Waals surface area contributed by atoms with Crippen LogP contribution in [0, 0.1) is 0 Å². The molecule has 0 aromatic carbocycles. The van der Waals surface area contributed by atoms with Gasteiger partial charge in [-0.2, -0.15) is 0 Å². The minimum atomic E-state index is -0.721. The number of hydrogen-bond acceptors (Lipinski definition) is 5. The molecule has 7 heteroatoms. The van der Waals surface area contributed by atoms with Crippen molar-refractivity contribution in [1.82, 2.24) is 10.0 Å². The Hall–Kier alpha value is -1.76. The van der Waals surface area contributed by atoms with Crippen molar-refractivity contribution in [2.75, 3.05) is 6.61 Å². The lowest BCUT2D eigenvalue weighted by atomic mass is 10.1. The van der Waals surface area contributed by atoms with E-state index in [0.717, 1.165) is 5.01 Å².